The highest BCUT2D eigenvalue weighted by molar-refractivity contribution is 6.07. The Kier molecular flexibility index (Phi) is 8.78. The number of unbranched alkanes of at least 4 members (excludes halogenated alkanes) is 1. The molecule has 0 spiro atoms. The molecule has 5 nitrogen and oxygen atoms in total. The molecule has 5 heteroatoms. The van der Waals surface area contributed by atoms with Gasteiger partial charge in [0.25, 0.3) is 5.91 Å². The Morgan fingerprint density at radius 3 is 2.30 bits per heavy atom. The number of amides is 1. The van der Waals surface area contributed by atoms with E-state index in [0.717, 1.165) is 30.6 Å². The molecule has 1 unspecified atom stereocenters. The number of hydrogen-bond acceptors (Lipinski definition) is 4. The van der Waals surface area contributed by atoms with Crippen molar-refractivity contribution in [1.29, 1.82) is 0 Å². The molecule has 0 radical (unpaired) electrons. The smallest absolute Gasteiger partial charge is 0.258 e. The van der Waals surface area contributed by atoms with E-state index in [-0.39, 0.29) is 17.7 Å². The number of anilines is 1. The second-order valence-corrected chi connectivity index (χ2v) is 7.43. The maximum atomic E-state index is 13.7. The summed E-state index contributed by atoms with van der Waals surface area (Å²) in [6.45, 7) is 5.74. The number of methoxy groups -OCH3 is 2. The molecule has 0 aliphatic carbocycles. The Morgan fingerprint density at radius 1 is 1.07 bits per heavy atom. The third-order valence-corrected chi connectivity index (χ3v) is 5.21. The first-order valence-electron chi connectivity index (χ1n) is 10.4. The summed E-state index contributed by atoms with van der Waals surface area (Å²) in [7, 11) is 3.22. The van der Waals surface area contributed by atoms with Gasteiger partial charge in [0, 0.05) is 12.5 Å². The Hall–Kier alpha value is -2.95. The van der Waals surface area contributed by atoms with Gasteiger partial charge < -0.3 is 19.5 Å². The summed E-state index contributed by atoms with van der Waals surface area (Å²) in [5.74, 6) is 1.20. The quantitative estimate of drug-likeness (QED) is 0.403. The third kappa shape index (κ3) is 5.78. The molecule has 0 aliphatic heterocycles. The van der Waals surface area contributed by atoms with Crippen LogP contribution in [0.25, 0.3) is 0 Å². The van der Waals surface area contributed by atoms with Crippen molar-refractivity contribution >= 4 is 11.6 Å². The Morgan fingerprint density at radius 2 is 1.73 bits per heavy atom. The van der Waals surface area contributed by atoms with Gasteiger partial charge >= 0.3 is 0 Å². The summed E-state index contributed by atoms with van der Waals surface area (Å²) in [6.07, 6.45) is 3.25. The molecule has 0 fully saturated rings. The number of para-hydroxylation sites is 2. The van der Waals surface area contributed by atoms with Gasteiger partial charge in [0.05, 0.1) is 31.2 Å². The molecule has 2 aromatic carbocycles. The van der Waals surface area contributed by atoms with Crippen molar-refractivity contribution in [3.63, 3.8) is 0 Å². The molecule has 0 bridgehead atoms. The van der Waals surface area contributed by atoms with Crippen molar-refractivity contribution in [2.24, 2.45) is 0 Å². The monoisotopic (exact) mass is 411 g/mol. The van der Waals surface area contributed by atoms with Crippen molar-refractivity contribution in [3.05, 3.63) is 65.4 Å². The van der Waals surface area contributed by atoms with Crippen molar-refractivity contribution in [2.75, 3.05) is 19.1 Å². The zero-order valence-electron chi connectivity index (χ0n) is 18.6. The van der Waals surface area contributed by atoms with Crippen LogP contribution in [-0.4, -0.2) is 31.3 Å². The molecule has 0 aliphatic rings. The minimum absolute atomic E-state index is 0.0263. The number of aliphatic hydroxyl groups excluding tert-OH is 1. The molecule has 0 aromatic heterocycles. The minimum atomic E-state index is -0.209. The van der Waals surface area contributed by atoms with Crippen LogP contribution in [0.2, 0.25) is 0 Å². The van der Waals surface area contributed by atoms with Crippen molar-refractivity contribution in [1.82, 2.24) is 0 Å². The van der Waals surface area contributed by atoms with E-state index >= 15 is 0 Å². The van der Waals surface area contributed by atoms with Gasteiger partial charge in [-0.25, -0.2) is 0 Å². The highest BCUT2D eigenvalue weighted by Gasteiger charge is 2.28. The van der Waals surface area contributed by atoms with Crippen LogP contribution in [0.3, 0.4) is 0 Å². The molecule has 1 N–H and O–H groups in total. The number of aliphatic hydroxyl groups is 1. The van der Waals surface area contributed by atoms with E-state index in [0.29, 0.717) is 23.4 Å². The lowest BCUT2D eigenvalue weighted by molar-refractivity contribution is -0.115. The van der Waals surface area contributed by atoms with Gasteiger partial charge in [0.15, 0.2) is 0 Å². The van der Waals surface area contributed by atoms with Gasteiger partial charge in [0.1, 0.15) is 11.5 Å². The summed E-state index contributed by atoms with van der Waals surface area (Å²) in [5, 5.41) is 10.4. The Labute approximate surface area is 179 Å². The maximum Gasteiger partial charge on any atom is 0.258 e. The van der Waals surface area contributed by atoms with E-state index in [1.165, 1.54) is 0 Å². The first-order chi connectivity index (χ1) is 14.4. The number of ether oxygens (including phenoxy) is 2. The number of nitrogens with zero attached hydrogens (tertiary/aromatic N) is 1. The molecule has 1 atom stereocenters. The van der Waals surface area contributed by atoms with Gasteiger partial charge in [-0.2, -0.15) is 0 Å². The van der Waals surface area contributed by atoms with Gasteiger partial charge in [0.2, 0.25) is 0 Å². The highest BCUT2D eigenvalue weighted by Crippen LogP contribution is 2.32. The fraction of sp³-hybridized carbons (Fsp3) is 0.400. The molecule has 162 valence electrons. The van der Waals surface area contributed by atoms with E-state index < -0.39 is 0 Å². The molecular formula is C25H33NO4. The lowest BCUT2D eigenvalue weighted by Crippen LogP contribution is -2.40. The fourth-order valence-electron chi connectivity index (χ4n) is 3.46. The average Bonchev–Trinajstić information content (AvgIpc) is 2.76. The zero-order chi connectivity index (χ0) is 22.1. The molecule has 1 amide bonds. The predicted octanol–water partition coefficient (Wildman–Crippen LogP) is 5.69. The number of benzene rings is 2. The van der Waals surface area contributed by atoms with Crippen LogP contribution in [0.4, 0.5) is 5.69 Å². The van der Waals surface area contributed by atoms with Crippen LogP contribution in [0.1, 0.15) is 45.6 Å². The Balaban J connectivity index is 2.43. The van der Waals surface area contributed by atoms with Crippen LogP contribution in [0, 0.1) is 0 Å². The summed E-state index contributed by atoms with van der Waals surface area (Å²) in [5.41, 5.74) is 2.00. The number of hydrogen-bond donors (Lipinski definition) is 1. The predicted molar refractivity (Wildman–Crippen MR) is 121 cm³/mol. The molecular weight excluding hydrogens is 378 g/mol. The number of carbonyl (C=O) groups is 1. The molecule has 0 saturated carbocycles. The van der Waals surface area contributed by atoms with E-state index in [4.69, 9.17) is 9.47 Å². The first-order valence-corrected chi connectivity index (χ1v) is 10.4. The number of rotatable bonds is 10. The van der Waals surface area contributed by atoms with Gasteiger partial charge in [-0.1, -0.05) is 44.0 Å². The summed E-state index contributed by atoms with van der Waals surface area (Å²) in [4.78, 5) is 15.5. The van der Waals surface area contributed by atoms with Crippen molar-refractivity contribution in [3.8, 4) is 11.5 Å². The molecule has 0 saturated heterocycles. The maximum absolute atomic E-state index is 13.7. The van der Waals surface area contributed by atoms with Gasteiger partial charge in [-0.15, -0.1) is 0 Å². The van der Waals surface area contributed by atoms with E-state index in [9.17, 15) is 9.90 Å². The van der Waals surface area contributed by atoms with Gasteiger partial charge in [-0.3, -0.25) is 4.79 Å². The van der Waals surface area contributed by atoms with Crippen molar-refractivity contribution < 1.29 is 19.4 Å². The average molecular weight is 412 g/mol. The van der Waals surface area contributed by atoms with Crippen LogP contribution >= 0.6 is 0 Å². The Bertz CT molecular complexity index is 854. The van der Waals surface area contributed by atoms with E-state index in [1.807, 2.05) is 55.5 Å². The molecule has 30 heavy (non-hydrogen) atoms. The summed E-state index contributed by atoms with van der Waals surface area (Å²) < 4.78 is 10.7. The van der Waals surface area contributed by atoms with E-state index in [2.05, 4.69) is 6.92 Å². The lowest BCUT2D eigenvalue weighted by atomic mass is 10.0. The van der Waals surface area contributed by atoms with E-state index in [1.54, 1.807) is 26.0 Å². The second kappa shape index (κ2) is 11.3. The molecule has 2 aromatic rings. The van der Waals surface area contributed by atoms with Crippen LogP contribution in [-0.2, 0) is 11.2 Å². The minimum Gasteiger partial charge on any atom is -0.512 e. The van der Waals surface area contributed by atoms with Crippen LogP contribution in [0.5, 0.6) is 11.5 Å². The largest absolute Gasteiger partial charge is 0.512 e. The van der Waals surface area contributed by atoms with Crippen LogP contribution < -0.4 is 14.4 Å². The fourth-order valence-corrected chi connectivity index (χ4v) is 3.46. The van der Waals surface area contributed by atoms with Gasteiger partial charge in [-0.05, 0) is 50.1 Å². The number of carbonyl (C=O) groups excluding carboxylic acids is 1. The number of allylic oxidation sites excluding steroid dienone is 1. The standard InChI is InChI=1S/C25H33NO4/c1-6-7-10-18(2)26(23-11-8-9-12-24(23)30-5)25(28)22(19(3)27)17-20-13-15-21(29-4)16-14-20/h8-9,11-16,18,27H,6-7,10,17H2,1-5H3/b22-19+. The molecule has 2 rings (SSSR count). The summed E-state index contributed by atoms with van der Waals surface area (Å²) >= 11 is 0. The summed E-state index contributed by atoms with van der Waals surface area (Å²) in [6, 6.07) is 15.0. The highest BCUT2D eigenvalue weighted by atomic mass is 16.5. The SMILES string of the molecule is CCCCC(C)N(C(=O)/C(Cc1ccc(OC)cc1)=C(\C)O)c1ccccc1OC. The second-order valence-electron chi connectivity index (χ2n) is 7.43. The zero-order valence-corrected chi connectivity index (χ0v) is 18.6. The van der Waals surface area contributed by atoms with Crippen molar-refractivity contribution in [2.45, 2.75) is 52.5 Å². The third-order valence-electron chi connectivity index (χ3n) is 5.21. The molecule has 0 heterocycles. The first kappa shape index (κ1) is 23.3. The lowest BCUT2D eigenvalue weighted by Gasteiger charge is -2.31. The topological polar surface area (TPSA) is 59.0 Å². The van der Waals surface area contributed by atoms with Crippen LogP contribution in [0.15, 0.2) is 59.9 Å². The normalized spacial score (nSPS) is 12.7.